The summed E-state index contributed by atoms with van der Waals surface area (Å²) in [5.74, 6) is 1.31. The Morgan fingerprint density at radius 3 is 2.47 bits per heavy atom. The second-order valence-electron chi connectivity index (χ2n) is 7.10. The third-order valence-electron chi connectivity index (χ3n) is 5.06. The lowest BCUT2D eigenvalue weighted by atomic mass is 10.1. The van der Waals surface area contributed by atoms with Crippen LogP contribution in [0.5, 0.6) is 23.0 Å². The number of ketones is 1. The zero-order valence-electron chi connectivity index (χ0n) is 18.0. The van der Waals surface area contributed by atoms with Crippen molar-refractivity contribution < 1.29 is 28.5 Å². The molecule has 0 aromatic heterocycles. The molecule has 0 aliphatic carbocycles. The van der Waals surface area contributed by atoms with Crippen LogP contribution >= 0.6 is 0 Å². The van der Waals surface area contributed by atoms with E-state index in [4.69, 9.17) is 18.9 Å². The molecule has 1 aliphatic heterocycles. The number of ether oxygens (including phenoxy) is 4. The molecule has 0 N–H and O–H groups in total. The Bertz CT molecular complexity index is 1210. The van der Waals surface area contributed by atoms with Crippen molar-refractivity contribution in [2.24, 2.45) is 0 Å². The van der Waals surface area contributed by atoms with Crippen LogP contribution in [-0.2, 0) is 0 Å². The molecule has 0 atom stereocenters. The van der Waals surface area contributed by atoms with Crippen molar-refractivity contribution in [3.8, 4) is 23.0 Å². The van der Waals surface area contributed by atoms with Gasteiger partial charge < -0.3 is 18.9 Å². The molecule has 0 bridgehead atoms. The van der Waals surface area contributed by atoms with Gasteiger partial charge in [0.05, 0.1) is 19.3 Å². The molecule has 3 aromatic carbocycles. The molecule has 0 spiro atoms. The first-order valence-electron chi connectivity index (χ1n) is 10.2. The minimum atomic E-state index is -0.556. The van der Waals surface area contributed by atoms with E-state index >= 15 is 0 Å². The Labute approximate surface area is 186 Å². The van der Waals surface area contributed by atoms with Gasteiger partial charge in [-0.15, -0.1) is 0 Å². The number of allylic oxidation sites excluding steroid dienone is 1. The average Bonchev–Trinajstić information content (AvgIpc) is 3.13. The molecule has 6 heteroatoms. The van der Waals surface area contributed by atoms with Gasteiger partial charge in [-0.1, -0.05) is 24.3 Å². The van der Waals surface area contributed by atoms with Crippen LogP contribution in [0.25, 0.3) is 6.08 Å². The smallest absolute Gasteiger partial charge is 0.347 e. The number of Topliss-reactive ketones (excluding diaryl/α,β-unsaturated/α-hetero) is 1. The Morgan fingerprint density at radius 1 is 1.00 bits per heavy atom. The number of para-hydroxylation sites is 1. The first-order valence-corrected chi connectivity index (χ1v) is 10.2. The maximum Gasteiger partial charge on any atom is 0.347 e. The zero-order chi connectivity index (χ0) is 22.7. The molecule has 1 aliphatic rings. The fourth-order valence-corrected chi connectivity index (χ4v) is 3.42. The molecule has 162 valence electrons. The van der Waals surface area contributed by atoms with Crippen molar-refractivity contribution in [1.29, 1.82) is 0 Å². The second-order valence-corrected chi connectivity index (χ2v) is 7.10. The minimum absolute atomic E-state index is 0.209. The summed E-state index contributed by atoms with van der Waals surface area (Å²) < 4.78 is 22.1. The van der Waals surface area contributed by atoms with Crippen molar-refractivity contribution in [2.75, 3.05) is 13.7 Å². The zero-order valence-corrected chi connectivity index (χ0v) is 18.0. The Hall–Kier alpha value is -4.06. The van der Waals surface area contributed by atoms with Gasteiger partial charge in [-0.25, -0.2) is 4.79 Å². The Kier molecular flexibility index (Phi) is 5.94. The normalized spacial score (nSPS) is 13.5. The van der Waals surface area contributed by atoms with Crippen molar-refractivity contribution in [3.63, 3.8) is 0 Å². The second kappa shape index (κ2) is 8.98. The number of benzene rings is 3. The van der Waals surface area contributed by atoms with E-state index < -0.39 is 5.97 Å². The highest BCUT2D eigenvalue weighted by atomic mass is 16.5. The molecule has 1 heterocycles. The van der Waals surface area contributed by atoms with Crippen LogP contribution in [-0.4, -0.2) is 25.5 Å². The summed E-state index contributed by atoms with van der Waals surface area (Å²) in [5, 5.41) is 0. The van der Waals surface area contributed by atoms with Gasteiger partial charge >= 0.3 is 5.97 Å². The third-order valence-corrected chi connectivity index (χ3v) is 5.06. The number of hydrogen-bond donors (Lipinski definition) is 0. The lowest BCUT2D eigenvalue weighted by Crippen LogP contribution is -2.11. The van der Waals surface area contributed by atoms with Crippen molar-refractivity contribution >= 4 is 17.8 Å². The molecule has 0 saturated heterocycles. The summed E-state index contributed by atoms with van der Waals surface area (Å²) in [6.45, 7) is 4.25. The highest BCUT2D eigenvalue weighted by molar-refractivity contribution is 6.15. The quantitative estimate of drug-likeness (QED) is 0.303. The lowest BCUT2D eigenvalue weighted by Gasteiger charge is -2.11. The first kappa shape index (κ1) is 21.2. The maximum atomic E-state index is 12.8. The van der Waals surface area contributed by atoms with Crippen LogP contribution in [0, 0.1) is 6.92 Å². The van der Waals surface area contributed by atoms with E-state index in [1.54, 1.807) is 49.4 Å². The lowest BCUT2D eigenvalue weighted by molar-refractivity contribution is 0.0729. The predicted octanol–water partition coefficient (Wildman–Crippen LogP) is 5.24. The van der Waals surface area contributed by atoms with E-state index in [0.717, 1.165) is 11.3 Å². The molecular formula is C26H22O6. The largest absolute Gasteiger partial charge is 0.496 e. The number of hydrogen-bond acceptors (Lipinski definition) is 6. The van der Waals surface area contributed by atoms with Crippen molar-refractivity contribution in [1.82, 2.24) is 0 Å². The Balaban J connectivity index is 1.57. The van der Waals surface area contributed by atoms with Gasteiger partial charge in [0.2, 0.25) is 5.78 Å². The predicted molar refractivity (Wildman–Crippen MR) is 120 cm³/mol. The minimum Gasteiger partial charge on any atom is -0.496 e. The molecule has 0 amide bonds. The summed E-state index contributed by atoms with van der Waals surface area (Å²) >= 11 is 0. The van der Waals surface area contributed by atoms with Crippen LogP contribution in [0.4, 0.5) is 0 Å². The van der Waals surface area contributed by atoms with Crippen LogP contribution in [0.15, 0.2) is 66.4 Å². The van der Waals surface area contributed by atoms with Gasteiger partial charge in [0.15, 0.2) is 5.76 Å². The van der Waals surface area contributed by atoms with Crippen molar-refractivity contribution in [2.45, 2.75) is 13.8 Å². The van der Waals surface area contributed by atoms with Crippen molar-refractivity contribution in [3.05, 3.63) is 88.7 Å². The number of carbonyl (C=O) groups excluding carboxylic acids is 2. The Morgan fingerprint density at radius 2 is 1.75 bits per heavy atom. The van der Waals surface area contributed by atoms with Crippen LogP contribution in [0.3, 0.4) is 0 Å². The highest BCUT2D eigenvalue weighted by Crippen LogP contribution is 2.39. The van der Waals surface area contributed by atoms with E-state index in [-0.39, 0.29) is 11.5 Å². The number of rotatable bonds is 6. The molecule has 32 heavy (non-hydrogen) atoms. The number of methoxy groups -OCH3 is 1. The molecule has 0 fully saturated rings. The summed E-state index contributed by atoms with van der Waals surface area (Å²) in [4.78, 5) is 25.5. The van der Waals surface area contributed by atoms with Gasteiger partial charge in [-0.2, -0.15) is 0 Å². The van der Waals surface area contributed by atoms with Gasteiger partial charge in [-0.05, 0) is 61.9 Å². The maximum absolute atomic E-state index is 12.8. The summed E-state index contributed by atoms with van der Waals surface area (Å²) in [5.41, 5.74) is 2.11. The van der Waals surface area contributed by atoms with E-state index in [1.807, 2.05) is 31.2 Å². The first-order chi connectivity index (χ1) is 15.5. The van der Waals surface area contributed by atoms with Gasteiger partial charge in [0.25, 0.3) is 0 Å². The fourth-order valence-electron chi connectivity index (χ4n) is 3.42. The van der Waals surface area contributed by atoms with Gasteiger partial charge in [0, 0.05) is 5.56 Å². The highest BCUT2D eigenvalue weighted by Gasteiger charge is 2.30. The average molecular weight is 430 g/mol. The monoisotopic (exact) mass is 430 g/mol. The van der Waals surface area contributed by atoms with E-state index in [2.05, 4.69) is 0 Å². The summed E-state index contributed by atoms with van der Waals surface area (Å²) in [6, 6.07) is 17.4. The summed E-state index contributed by atoms with van der Waals surface area (Å²) in [6.07, 6.45) is 1.68. The molecule has 3 aromatic rings. The van der Waals surface area contributed by atoms with Crippen LogP contribution < -0.4 is 18.9 Å². The molecule has 0 saturated carbocycles. The molecule has 0 unspecified atom stereocenters. The van der Waals surface area contributed by atoms with Gasteiger partial charge in [0.1, 0.15) is 28.6 Å². The molecule has 0 radical (unpaired) electrons. The standard InChI is InChI=1S/C26H22O6/c1-4-30-18-11-9-17(10-12-18)15-23-24(27)20-13-14-21(16(2)25(20)31-23)32-26(28)19-7-5-6-8-22(19)29-3/h5-15H,4H2,1-3H3/b23-15-. The van der Waals surface area contributed by atoms with E-state index in [0.29, 0.717) is 40.5 Å². The fraction of sp³-hybridized carbons (Fsp3) is 0.154. The van der Waals surface area contributed by atoms with E-state index in [9.17, 15) is 9.59 Å². The van der Waals surface area contributed by atoms with E-state index in [1.165, 1.54) is 7.11 Å². The van der Waals surface area contributed by atoms with Gasteiger partial charge in [-0.3, -0.25) is 4.79 Å². The van der Waals surface area contributed by atoms with Crippen LogP contribution in [0.1, 0.15) is 38.8 Å². The SMILES string of the molecule is CCOc1ccc(/C=C2\Oc3c(ccc(OC(=O)c4ccccc4OC)c3C)C2=O)cc1. The number of fused-ring (bicyclic) bond motifs is 1. The topological polar surface area (TPSA) is 71.1 Å². The molecule has 6 nitrogen and oxygen atoms in total. The third kappa shape index (κ3) is 4.07. The summed E-state index contributed by atoms with van der Waals surface area (Å²) in [7, 11) is 1.49. The van der Waals surface area contributed by atoms with Crippen LogP contribution in [0.2, 0.25) is 0 Å². The molecule has 4 rings (SSSR count). The molecular weight excluding hydrogens is 408 g/mol. The number of carbonyl (C=O) groups is 2. The number of esters is 1.